The molecule has 0 radical (unpaired) electrons. The highest BCUT2D eigenvalue weighted by atomic mass is 15.7. The molecule has 6 saturated heterocycles. The van der Waals surface area contributed by atoms with E-state index >= 15 is 0 Å². The van der Waals surface area contributed by atoms with E-state index in [4.69, 9.17) is 0 Å². The molecule has 0 amide bonds. The fraction of sp³-hybridized carbons (Fsp3) is 0.727. The minimum atomic E-state index is 0.684. The Balaban J connectivity index is 1.14. The fourth-order valence-corrected chi connectivity index (χ4v) is 7.76. The summed E-state index contributed by atoms with van der Waals surface area (Å²) in [5.74, 6) is 0. The van der Waals surface area contributed by atoms with Crippen LogP contribution in [0.15, 0.2) is 24.3 Å². The monoisotopic (exact) mass is 382 g/mol. The van der Waals surface area contributed by atoms with Crippen LogP contribution >= 0.6 is 0 Å². The smallest absolute Gasteiger partial charge is 0.206 e. The van der Waals surface area contributed by atoms with Crippen molar-refractivity contribution in [2.24, 2.45) is 0 Å². The molecule has 1 aromatic rings. The van der Waals surface area contributed by atoms with Crippen molar-refractivity contribution in [2.75, 3.05) is 78.5 Å². The average Bonchev–Trinajstić information content (AvgIpc) is 3.47. The molecule has 0 N–H and O–H groups in total. The predicted molar refractivity (Wildman–Crippen MR) is 108 cm³/mol. The molecule has 0 atom stereocenters. The first-order chi connectivity index (χ1) is 13.7. The van der Waals surface area contributed by atoms with Crippen molar-refractivity contribution in [3.8, 4) is 0 Å². The Morgan fingerprint density at radius 1 is 0.607 bits per heavy atom. The van der Waals surface area contributed by atoms with E-state index in [1.165, 1.54) is 101 Å². The summed E-state index contributed by atoms with van der Waals surface area (Å²) in [5, 5.41) is 0. The van der Waals surface area contributed by atoms with Gasteiger partial charge in [-0.25, -0.2) is 19.6 Å². The highest BCUT2D eigenvalue weighted by Gasteiger charge is 2.58. The van der Waals surface area contributed by atoms with Gasteiger partial charge < -0.3 is 0 Å². The van der Waals surface area contributed by atoms with Gasteiger partial charge >= 0.3 is 0 Å². The zero-order valence-electron chi connectivity index (χ0n) is 17.0. The third kappa shape index (κ3) is 2.19. The molecule has 150 valence electrons. The molecule has 0 unspecified atom stereocenters. The number of nitrogens with zero attached hydrogens (tertiary/aromatic N) is 6. The van der Waals surface area contributed by atoms with Crippen LogP contribution in [0.1, 0.15) is 11.1 Å². The maximum atomic E-state index is 2.74. The van der Waals surface area contributed by atoms with Crippen molar-refractivity contribution in [3.63, 3.8) is 0 Å². The summed E-state index contributed by atoms with van der Waals surface area (Å²) in [5.41, 5.74) is 3.15. The standard InChI is InChI=1S/C22H34N6/c1-2-19(17-27-12-8-23-4-5-24(9-13-27)21(23)27)16-20(3-1)18-28-14-10-25-6-7-26(11-15-28)22(25)28/h1-3,16,21-22H,4-15,17-18H2/q+2. The molecular formula is C22H34N6+2. The number of rotatable bonds is 4. The Hall–Kier alpha value is -1.02. The Bertz CT molecular complexity index is 702. The lowest BCUT2D eigenvalue weighted by Gasteiger charge is -2.36. The Morgan fingerprint density at radius 3 is 1.39 bits per heavy atom. The summed E-state index contributed by atoms with van der Waals surface area (Å²) in [7, 11) is 0. The van der Waals surface area contributed by atoms with E-state index in [-0.39, 0.29) is 0 Å². The maximum absolute atomic E-state index is 2.74. The minimum absolute atomic E-state index is 0.684. The maximum Gasteiger partial charge on any atom is 0.206 e. The summed E-state index contributed by atoms with van der Waals surface area (Å²) < 4.78 is 2.60. The lowest BCUT2D eigenvalue weighted by atomic mass is 10.1. The van der Waals surface area contributed by atoms with Crippen molar-refractivity contribution < 1.29 is 8.97 Å². The SMILES string of the molecule is c1cc(C[N+]23CCN4CCN(CC2)C43)cc(C[N+]23CCN4CCN(CC2)C43)c1. The second-order valence-corrected chi connectivity index (χ2v) is 10.3. The molecule has 7 rings (SSSR count). The average molecular weight is 383 g/mol. The second-order valence-electron chi connectivity index (χ2n) is 10.3. The normalized spacial score (nSPS) is 42.7. The number of hydrogen-bond donors (Lipinski definition) is 0. The molecule has 28 heavy (non-hydrogen) atoms. The summed E-state index contributed by atoms with van der Waals surface area (Å²) in [4.78, 5) is 11.0. The summed E-state index contributed by atoms with van der Waals surface area (Å²) in [6.45, 7) is 18.2. The third-order valence-electron chi connectivity index (χ3n) is 8.95. The lowest BCUT2D eigenvalue weighted by Crippen LogP contribution is -2.52. The molecule has 0 spiro atoms. The summed E-state index contributed by atoms with van der Waals surface area (Å²) in [6.07, 6.45) is 1.37. The number of hydrogen-bond acceptors (Lipinski definition) is 4. The van der Waals surface area contributed by atoms with Crippen LogP contribution in [-0.4, -0.2) is 120 Å². The lowest BCUT2D eigenvalue weighted by molar-refractivity contribution is -0.949. The van der Waals surface area contributed by atoms with Crippen LogP contribution in [0, 0.1) is 0 Å². The van der Waals surface area contributed by atoms with Gasteiger partial charge in [-0.05, 0) is 6.07 Å². The topological polar surface area (TPSA) is 13.0 Å². The van der Waals surface area contributed by atoms with Crippen LogP contribution in [0.4, 0.5) is 0 Å². The molecule has 6 heteroatoms. The zero-order chi connectivity index (χ0) is 18.3. The molecule has 0 aliphatic carbocycles. The van der Waals surface area contributed by atoms with Gasteiger partial charge in [0, 0.05) is 37.3 Å². The molecule has 0 aromatic heterocycles. The minimum Gasteiger partial charge on any atom is -0.289 e. The van der Waals surface area contributed by atoms with Crippen molar-refractivity contribution >= 4 is 0 Å². The van der Waals surface area contributed by atoms with Crippen LogP contribution < -0.4 is 0 Å². The van der Waals surface area contributed by atoms with Crippen LogP contribution in [0.5, 0.6) is 0 Å². The highest BCUT2D eigenvalue weighted by Crippen LogP contribution is 2.39. The number of quaternary nitrogens is 2. The molecule has 1 aromatic carbocycles. The molecule has 0 bridgehead atoms. The van der Waals surface area contributed by atoms with Crippen LogP contribution in [0.25, 0.3) is 0 Å². The Labute approximate surface area is 168 Å². The van der Waals surface area contributed by atoms with E-state index < -0.39 is 0 Å². The third-order valence-corrected chi connectivity index (χ3v) is 8.95. The van der Waals surface area contributed by atoms with Gasteiger partial charge in [0.1, 0.15) is 13.1 Å². The van der Waals surface area contributed by atoms with Gasteiger partial charge in [0.15, 0.2) is 0 Å². The quantitative estimate of drug-likeness (QED) is 0.689. The summed E-state index contributed by atoms with van der Waals surface area (Å²) >= 11 is 0. The van der Waals surface area contributed by atoms with E-state index in [0.717, 1.165) is 0 Å². The first kappa shape index (κ1) is 16.7. The molecule has 6 aliphatic rings. The molecule has 0 saturated carbocycles. The van der Waals surface area contributed by atoms with Crippen molar-refractivity contribution in [1.29, 1.82) is 0 Å². The predicted octanol–water partition coefficient (Wildman–Crippen LogP) is 0.177. The Morgan fingerprint density at radius 2 is 1.00 bits per heavy atom. The van der Waals surface area contributed by atoms with Gasteiger partial charge in [-0.2, -0.15) is 0 Å². The van der Waals surface area contributed by atoms with Gasteiger partial charge in [-0.3, -0.25) is 8.97 Å². The fourth-order valence-electron chi connectivity index (χ4n) is 7.76. The molecule has 6 heterocycles. The first-order valence-electron chi connectivity index (χ1n) is 11.5. The highest BCUT2D eigenvalue weighted by molar-refractivity contribution is 5.23. The van der Waals surface area contributed by atoms with E-state index in [0.29, 0.717) is 12.6 Å². The molecular weight excluding hydrogens is 348 g/mol. The van der Waals surface area contributed by atoms with Gasteiger partial charge in [0.2, 0.25) is 12.6 Å². The largest absolute Gasteiger partial charge is 0.289 e. The van der Waals surface area contributed by atoms with Gasteiger partial charge in [-0.1, -0.05) is 18.2 Å². The van der Waals surface area contributed by atoms with Gasteiger partial charge in [0.25, 0.3) is 0 Å². The van der Waals surface area contributed by atoms with Crippen LogP contribution in [0.2, 0.25) is 0 Å². The summed E-state index contributed by atoms with van der Waals surface area (Å²) in [6, 6.07) is 9.71. The zero-order valence-corrected chi connectivity index (χ0v) is 17.0. The van der Waals surface area contributed by atoms with E-state index in [9.17, 15) is 0 Å². The second kappa shape index (κ2) is 5.78. The number of benzene rings is 1. The van der Waals surface area contributed by atoms with E-state index in [1.807, 2.05) is 0 Å². The molecule has 6 aliphatic heterocycles. The van der Waals surface area contributed by atoms with Crippen LogP contribution in [-0.2, 0) is 13.1 Å². The van der Waals surface area contributed by atoms with Crippen molar-refractivity contribution in [2.45, 2.75) is 25.7 Å². The van der Waals surface area contributed by atoms with E-state index in [1.54, 1.807) is 11.1 Å². The first-order valence-corrected chi connectivity index (χ1v) is 11.5. The van der Waals surface area contributed by atoms with E-state index in [2.05, 4.69) is 43.9 Å². The Kier molecular flexibility index (Phi) is 3.45. The van der Waals surface area contributed by atoms with Crippen LogP contribution in [0.3, 0.4) is 0 Å². The van der Waals surface area contributed by atoms with Crippen molar-refractivity contribution in [1.82, 2.24) is 19.6 Å². The van der Waals surface area contributed by atoms with Gasteiger partial charge in [-0.15, -0.1) is 0 Å². The van der Waals surface area contributed by atoms with Gasteiger partial charge in [0.05, 0.1) is 52.4 Å². The molecule has 6 fully saturated rings. The van der Waals surface area contributed by atoms with Crippen molar-refractivity contribution in [3.05, 3.63) is 35.4 Å². The molecule has 6 nitrogen and oxygen atoms in total.